The van der Waals surface area contributed by atoms with Crippen LogP contribution in [-0.4, -0.2) is 69.1 Å². The maximum absolute atomic E-state index is 13.0. The third-order valence-electron chi connectivity index (χ3n) is 5.80. The molecule has 2 amide bonds. The van der Waals surface area contributed by atoms with E-state index in [4.69, 9.17) is 9.26 Å². The Morgan fingerprint density at radius 3 is 2.88 bits per heavy atom. The number of aryl methyl sites for hydroxylation is 3. The average molecular weight is 441 g/mol. The van der Waals surface area contributed by atoms with Crippen molar-refractivity contribution < 1.29 is 18.8 Å². The highest BCUT2D eigenvalue weighted by molar-refractivity contribution is 5.95. The summed E-state index contributed by atoms with van der Waals surface area (Å²) in [7, 11) is 1.60. The van der Waals surface area contributed by atoms with Crippen molar-refractivity contribution in [3.63, 3.8) is 0 Å². The van der Waals surface area contributed by atoms with Gasteiger partial charge in [0, 0.05) is 44.2 Å². The molecular formula is C22H28N6O4. The molecule has 1 atom stereocenters. The van der Waals surface area contributed by atoms with Crippen molar-refractivity contribution in [2.45, 2.75) is 39.9 Å². The number of nitrogens with one attached hydrogen (secondary N) is 1. The number of amides is 2. The van der Waals surface area contributed by atoms with E-state index < -0.39 is 0 Å². The second-order valence-corrected chi connectivity index (χ2v) is 8.05. The number of hydrogen-bond acceptors (Lipinski definition) is 6. The van der Waals surface area contributed by atoms with Gasteiger partial charge < -0.3 is 24.0 Å². The summed E-state index contributed by atoms with van der Waals surface area (Å²) in [4.78, 5) is 27.7. The molecule has 0 fully saturated rings. The molecule has 1 unspecified atom stereocenters. The van der Waals surface area contributed by atoms with Gasteiger partial charge in [-0.3, -0.25) is 14.3 Å². The van der Waals surface area contributed by atoms with Crippen LogP contribution in [0.1, 0.15) is 43.7 Å². The zero-order chi connectivity index (χ0) is 22.8. The fourth-order valence-electron chi connectivity index (χ4n) is 4.09. The van der Waals surface area contributed by atoms with Crippen molar-refractivity contribution in [3.05, 3.63) is 58.5 Å². The lowest BCUT2D eigenvalue weighted by atomic mass is 10.1. The molecule has 0 saturated carbocycles. The minimum atomic E-state index is -0.337. The van der Waals surface area contributed by atoms with Crippen LogP contribution in [0.4, 0.5) is 0 Å². The standard InChI is InChI=1S/C22H28N6O4/c1-14-10-15(2)28(24-14)13-18-16(3)32-25-20(18)21(29)23-11-17-12-26-7-5-6-19(26)22(30)27(17)8-9-31-4/h5-7,10,17H,8-9,11-13H2,1-4H3,(H,23,29). The Hall–Kier alpha value is -3.40. The quantitative estimate of drug-likeness (QED) is 0.569. The number of nitrogens with zero attached hydrogens (tertiary/aromatic N) is 5. The van der Waals surface area contributed by atoms with E-state index in [1.807, 2.05) is 41.4 Å². The highest BCUT2D eigenvalue weighted by Gasteiger charge is 2.32. The van der Waals surface area contributed by atoms with Gasteiger partial charge in [-0.2, -0.15) is 5.10 Å². The van der Waals surface area contributed by atoms with E-state index in [-0.39, 0.29) is 30.1 Å². The molecule has 170 valence electrons. The number of carbonyl (C=O) groups excluding carboxylic acids is 2. The second kappa shape index (κ2) is 8.99. The average Bonchev–Trinajstić information content (AvgIpc) is 3.45. The summed E-state index contributed by atoms with van der Waals surface area (Å²) in [5.74, 6) is 0.171. The van der Waals surface area contributed by atoms with Gasteiger partial charge >= 0.3 is 0 Å². The zero-order valence-electron chi connectivity index (χ0n) is 18.8. The number of ether oxygens (including phenoxy) is 1. The predicted molar refractivity (Wildman–Crippen MR) is 116 cm³/mol. The highest BCUT2D eigenvalue weighted by Crippen LogP contribution is 2.19. The van der Waals surface area contributed by atoms with E-state index in [9.17, 15) is 9.59 Å². The molecule has 1 aliphatic rings. The van der Waals surface area contributed by atoms with Crippen molar-refractivity contribution >= 4 is 11.8 Å². The van der Waals surface area contributed by atoms with E-state index in [1.165, 1.54) is 0 Å². The lowest BCUT2D eigenvalue weighted by Gasteiger charge is -2.36. The van der Waals surface area contributed by atoms with Crippen LogP contribution in [0.2, 0.25) is 0 Å². The van der Waals surface area contributed by atoms with E-state index in [0.717, 1.165) is 11.4 Å². The smallest absolute Gasteiger partial charge is 0.273 e. The Bertz CT molecular complexity index is 1130. The van der Waals surface area contributed by atoms with Gasteiger partial charge in [0.25, 0.3) is 11.8 Å². The van der Waals surface area contributed by atoms with Gasteiger partial charge in [0.2, 0.25) is 0 Å². The minimum Gasteiger partial charge on any atom is -0.383 e. The molecule has 3 aromatic rings. The minimum absolute atomic E-state index is 0.0694. The molecule has 3 aromatic heterocycles. The number of methoxy groups -OCH3 is 1. The van der Waals surface area contributed by atoms with Crippen LogP contribution in [0.25, 0.3) is 0 Å². The fraction of sp³-hybridized carbons (Fsp3) is 0.455. The Balaban J connectivity index is 1.48. The highest BCUT2D eigenvalue weighted by atomic mass is 16.5. The van der Waals surface area contributed by atoms with Gasteiger partial charge in [-0.05, 0) is 39.0 Å². The van der Waals surface area contributed by atoms with Gasteiger partial charge in [0.15, 0.2) is 5.69 Å². The van der Waals surface area contributed by atoms with Crippen LogP contribution in [0.15, 0.2) is 28.9 Å². The summed E-state index contributed by atoms with van der Waals surface area (Å²) in [5.41, 5.74) is 3.47. The topological polar surface area (TPSA) is 107 Å². The first kappa shape index (κ1) is 21.8. The summed E-state index contributed by atoms with van der Waals surface area (Å²) in [5, 5.41) is 11.4. The third-order valence-corrected chi connectivity index (χ3v) is 5.80. The van der Waals surface area contributed by atoms with E-state index in [1.54, 1.807) is 25.0 Å². The normalized spacial score (nSPS) is 15.8. The summed E-state index contributed by atoms with van der Waals surface area (Å²) in [6.45, 7) is 7.82. The monoisotopic (exact) mass is 440 g/mol. The van der Waals surface area contributed by atoms with Gasteiger partial charge in [0.1, 0.15) is 11.5 Å². The van der Waals surface area contributed by atoms with Crippen molar-refractivity contribution in [1.29, 1.82) is 0 Å². The Morgan fingerprint density at radius 2 is 2.16 bits per heavy atom. The molecule has 0 bridgehead atoms. The number of carbonyl (C=O) groups is 2. The van der Waals surface area contributed by atoms with E-state index >= 15 is 0 Å². The Kier molecular flexibility index (Phi) is 6.13. The molecule has 0 saturated heterocycles. The number of aromatic nitrogens is 4. The van der Waals surface area contributed by atoms with Gasteiger partial charge in [-0.25, -0.2) is 0 Å². The van der Waals surface area contributed by atoms with Gasteiger partial charge in [-0.15, -0.1) is 0 Å². The van der Waals surface area contributed by atoms with Crippen molar-refractivity contribution in [2.75, 3.05) is 26.8 Å². The molecule has 0 radical (unpaired) electrons. The molecule has 4 rings (SSSR count). The van der Waals surface area contributed by atoms with Crippen LogP contribution < -0.4 is 5.32 Å². The van der Waals surface area contributed by atoms with Gasteiger partial charge in [-0.1, -0.05) is 5.16 Å². The zero-order valence-corrected chi connectivity index (χ0v) is 18.8. The summed E-state index contributed by atoms with van der Waals surface area (Å²) >= 11 is 0. The third kappa shape index (κ3) is 4.18. The summed E-state index contributed by atoms with van der Waals surface area (Å²) < 4.78 is 14.2. The number of fused-ring (bicyclic) bond motifs is 1. The van der Waals surface area contributed by atoms with Crippen LogP contribution in [0.3, 0.4) is 0 Å². The van der Waals surface area contributed by atoms with Crippen LogP contribution in [0.5, 0.6) is 0 Å². The molecule has 1 aliphatic heterocycles. The number of rotatable bonds is 8. The maximum Gasteiger partial charge on any atom is 0.273 e. The second-order valence-electron chi connectivity index (χ2n) is 8.05. The lowest BCUT2D eigenvalue weighted by molar-refractivity contribution is 0.0503. The first-order chi connectivity index (χ1) is 15.4. The summed E-state index contributed by atoms with van der Waals surface area (Å²) in [6.07, 6.45) is 1.88. The molecule has 0 spiro atoms. The molecule has 0 aromatic carbocycles. The molecule has 32 heavy (non-hydrogen) atoms. The Morgan fingerprint density at radius 1 is 1.34 bits per heavy atom. The van der Waals surface area contributed by atoms with Crippen LogP contribution in [-0.2, 0) is 17.8 Å². The van der Waals surface area contributed by atoms with Crippen molar-refractivity contribution in [2.24, 2.45) is 0 Å². The molecule has 10 heteroatoms. The maximum atomic E-state index is 13.0. The summed E-state index contributed by atoms with van der Waals surface area (Å²) in [6, 6.07) is 5.44. The SMILES string of the molecule is COCCN1C(=O)c2cccn2CC1CNC(=O)c1noc(C)c1Cn1nc(C)cc1C. The van der Waals surface area contributed by atoms with E-state index in [2.05, 4.69) is 15.6 Å². The molecule has 0 aliphatic carbocycles. The molecular weight excluding hydrogens is 412 g/mol. The van der Waals surface area contributed by atoms with Gasteiger partial charge in [0.05, 0.1) is 24.9 Å². The van der Waals surface area contributed by atoms with Crippen LogP contribution >= 0.6 is 0 Å². The van der Waals surface area contributed by atoms with Crippen LogP contribution in [0, 0.1) is 20.8 Å². The molecule has 1 N–H and O–H groups in total. The lowest BCUT2D eigenvalue weighted by Crippen LogP contribution is -2.53. The first-order valence-electron chi connectivity index (χ1n) is 10.6. The largest absolute Gasteiger partial charge is 0.383 e. The predicted octanol–water partition coefficient (Wildman–Crippen LogP) is 1.55. The molecule has 4 heterocycles. The Labute approximate surface area is 186 Å². The number of hydrogen-bond donors (Lipinski definition) is 1. The molecule has 10 nitrogen and oxygen atoms in total. The van der Waals surface area contributed by atoms with E-state index in [0.29, 0.717) is 43.3 Å². The fourth-order valence-corrected chi connectivity index (χ4v) is 4.09. The first-order valence-corrected chi connectivity index (χ1v) is 10.6. The van der Waals surface area contributed by atoms with Crippen molar-refractivity contribution in [3.8, 4) is 0 Å². The van der Waals surface area contributed by atoms with Crippen molar-refractivity contribution in [1.82, 2.24) is 29.7 Å².